The van der Waals surface area contributed by atoms with Gasteiger partial charge in [-0.05, 0) is 43.9 Å². The lowest BCUT2D eigenvalue weighted by Crippen LogP contribution is -2.45. The van der Waals surface area contributed by atoms with Crippen molar-refractivity contribution in [2.24, 2.45) is 5.92 Å². The van der Waals surface area contributed by atoms with Crippen molar-refractivity contribution >= 4 is 21.8 Å². The molecule has 1 saturated heterocycles. The number of terminal acetylenes is 1. The molecule has 144 valence electrons. The van der Waals surface area contributed by atoms with Gasteiger partial charge in [-0.25, -0.2) is 8.42 Å². The summed E-state index contributed by atoms with van der Waals surface area (Å²) in [5.41, 5.74) is 0.279. The second-order valence-electron chi connectivity index (χ2n) is 6.93. The molecule has 2 N–H and O–H groups in total. The van der Waals surface area contributed by atoms with Crippen LogP contribution in [0.1, 0.15) is 36.0 Å². The molecule has 2 fully saturated rings. The maximum Gasteiger partial charge on any atom is 0.253 e. The number of carbonyl (C=O) groups is 2. The van der Waals surface area contributed by atoms with Crippen LogP contribution in [0.25, 0.3) is 0 Å². The quantitative estimate of drug-likeness (QED) is 0.701. The van der Waals surface area contributed by atoms with E-state index in [2.05, 4.69) is 16.0 Å². The molecule has 0 radical (unpaired) electrons. The monoisotopic (exact) mass is 389 g/mol. The number of nitrogens with one attached hydrogen (secondary N) is 2. The summed E-state index contributed by atoms with van der Waals surface area (Å²) in [6.07, 6.45) is 8.64. The minimum absolute atomic E-state index is 0.00446. The summed E-state index contributed by atoms with van der Waals surface area (Å²) in [5.74, 6) is 1.73. The molecule has 1 aliphatic carbocycles. The van der Waals surface area contributed by atoms with Gasteiger partial charge in [0.1, 0.15) is 0 Å². The third-order valence-corrected chi connectivity index (χ3v) is 6.16. The van der Waals surface area contributed by atoms with Gasteiger partial charge in [0.25, 0.3) is 5.91 Å². The fourth-order valence-corrected chi connectivity index (χ4v) is 4.10. The van der Waals surface area contributed by atoms with Crippen molar-refractivity contribution in [1.29, 1.82) is 0 Å². The van der Waals surface area contributed by atoms with Crippen LogP contribution in [0.2, 0.25) is 0 Å². The molecule has 1 aromatic rings. The molecule has 1 aliphatic heterocycles. The Morgan fingerprint density at radius 3 is 2.74 bits per heavy atom. The number of piperidine rings is 1. The number of hydrogen-bond donors (Lipinski definition) is 2. The molecule has 1 atom stereocenters. The second-order valence-corrected chi connectivity index (χ2v) is 8.70. The summed E-state index contributed by atoms with van der Waals surface area (Å²) in [6.45, 7) is 0.784. The molecule has 7 nitrogen and oxygen atoms in total. The Balaban J connectivity index is 1.70. The van der Waals surface area contributed by atoms with E-state index in [1.165, 1.54) is 18.2 Å². The fourth-order valence-electron chi connectivity index (χ4n) is 3.12. The average Bonchev–Trinajstić information content (AvgIpc) is 3.50. The van der Waals surface area contributed by atoms with E-state index in [-0.39, 0.29) is 34.7 Å². The Labute approximate surface area is 159 Å². The number of nitrogens with zero attached hydrogens (tertiary/aromatic N) is 1. The summed E-state index contributed by atoms with van der Waals surface area (Å²) in [6, 6.07) is 6.16. The number of likely N-dealkylation sites (tertiary alicyclic amines) is 1. The predicted octanol–water partition coefficient (Wildman–Crippen LogP) is 0.729. The maximum absolute atomic E-state index is 12.8. The van der Waals surface area contributed by atoms with E-state index in [9.17, 15) is 18.0 Å². The molecule has 2 aliphatic rings. The lowest BCUT2D eigenvalue weighted by molar-refractivity contribution is -0.126. The van der Waals surface area contributed by atoms with Gasteiger partial charge in [-0.2, -0.15) is 4.72 Å². The van der Waals surface area contributed by atoms with Gasteiger partial charge in [-0.3, -0.25) is 9.59 Å². The molecule has 1 unspecified atom stereocenters. The number of amides is 2. The normalized spacial score (nSPS) is 20.0. The first kappa shape index (κ1) is 19.4. The largest absolute Gasteiger partial charge is 0.353 e. The number of carbonyl (C=O) groups excluding carboxylic acids is 2. The zero-order valence-electron chi connectivity index (χ0n) is 15.0. The van der Waals surface area contributed by atoms with Crippen LogP contribution >= 0.6 is 0 Å². The van der Waals surface area contributed by atoms with E-state index in [1.54, 1.807) is 11.0 Å². The predicted molar refractivity (Wildman–Crippen MR) is 100 cm³/mol. The van der Waals surface area contributed by atoms with Crippen LogP contribution < -0.4 is 10.0 Å². The first-order valence-electron chi connectivity index (χ1n) is 9.03. The fraction of sp³-hybridized carbons (Fsp3) is 0.474. The summed E-state index contributed by atoms with van der Waals surface area (Å²) in [7, 11) is -3.77. The first-order chi connectivity index (χ1) is 12.9. The third kappa shape index (κ3) is 4.87. The summed E-state index contributed by atoms with van der Waals surface area (Å²) >= 11 is 0. The molecule has 0 aromatic heterocycles. The SMILES string of the molecule is C#CCNS(=O)(=O)c1cccc(C(=O)N2CCCC(C(=O)NC3CC3)C2)c1. The maximum atomic E-state index is 12.8. The lowest BCUT2D eigenvalue weighted by Gasteiger charge is -2.32. The Morgan fingerprint density at radius 2 is 2.04 bits per heavy atom. The molecular formula is C19H23N3O4S. The van der Waals surface area contributed by atoms with Crippen molar-refractivity contribution in [2.75, 3.05) is 19.6 Å². The molecule has 8 heteroatoms. The topological polar surface area (TPSA) is 95.6 Å². The Hall–Kier alpha value is -2.37. The van der Waals surface area contributed by atoms with Gasteiger partial charge in [-0.15, -0.1) is 6.42 Å². The first-order valence-corrected chi connectivity index (χ1v) is 10.5. The van der Waals surface area contributed by atoms with E-state index in [4.69, 9.17) is 6.42 Å². The van der Waals surface area contributed by atoms with Gasteiger partial charge < -0.3 is 10.2 Å². The number of sulfonamides is 1. The van der Waals surface area contributed by atoms with Crippen molar-refractivity contribution in [3.8, 4) is 12.3 Å². The standard InChI is InChI=1S/C19H23N3O4S/c1-2-10-20-27(25,26)17-7-3-5-14(12-17)19(24)22-11-4-6-15(13-22)18(23)21-16-8-9-16/h1,3,5,7,12,15-16,20H,4,6,8-11,13H2,(H,21,23). The van der Waals surface area contributed by atoms with Crippen LogP contribution in [0.15, 0.2) is 29.2 Å². The van der Waals surface area contributed by atoms with Crippen LogP contribution in [0, 0.1) is 18.3 Å². The third-order valence-electron chi connectivity index (χ3n) is 4.76. The zero-order valence-corrected chi connectivity index (χ0v) is 15.8. The van der Waals surface area contributed by atoms with E-state index in [0.29, 0.717) is 19.1 Å². The van der Waals surface area contributed by atoms with Crippen LogP contribution in [0.5, 0.6) is 0 Å². The van der Waals surface area contributed by atoms with E-state index >= 15 is 0 Å². The lowest BCUT2D eigenvalue weighted by atomic mass is 9.96. The average molecular weight is 389 g/mol. The molecule has 27 heavy (non-hydrogen) atoms. The van der Waals surface area contributed by atoms with Crippen molar-refractivity contribution in [2.45, 2.75) is 36.6 Å². The number of hydrogen-bond acceptors (Lipinski definition) is 4. The smallest absolute Gasteiger partial charge is 0.253 e. The number of benzene rings is 1. The van der Waals surface area contributed by atoms with E-state index in [1.807, 2.05) is 0 Å². The summed E-state index contributed by atoms with van der Waals surface area (Å²) in [4.78, 5) is 26.7. The minimum Gasteiger partial charge on any atom is -0.353 e. The highest BCUT2D eigenvalue weighted by Gasteiger charge is 2.32. The molecule has 0 spiro atoms. The Bertz CT molecular complexity index is 871. The van der Waals surface area contributed by atoms with Crippen LogP contribution in [0.3, 0.4) is 0 Å². The molecule has 0 bridgehead atoms. The van der Waals surface area contributed by atoms with E-state index in [0.717, 1.165) is 25.7 Å². The van der Waals surface area contributed by atoms with Gasteiger partial charge in [0, 0.05) is 24.7 Å². The molecule has 2 amide bonds. The van der Waals surface area contributed by atoms with Gasteiger partial charge in [0.05, 0.1) is 17.4 Å². The van der Waals surface area contributed by atoms with Crippen molar-refractivity contribution < 1.29 is 18.0 Å². The molecule has 3 rings (SSSR count). The minimum atomic E-state index is -3.77. The van der Waals surface area contributed by atoms with Crippen LogP contribution in [0.4, 0.5) is 0 Å². The van der Waals surface area contributed by atoms with Crippen molar-refractivity contribution in [3.63, 3.8) is 0 Å². The Kier molecular flexibility index (Phi) is 5.82. The van der Waals surface area contributed by atoms with Gasteiger partial charge >= 0.3 is 0 Å². The van der Waals surface area contributed by atoms with Crippen LogP contribution in [-0.4, -0.2) is 50.8 Å². The van der Waals surface area contributed by atoms with Crippen molar-refractivity contribution in [1.82, 2.24) is 14.9 Å². The molecular weight excluding hydrogens is 366 g/mol. The zero-order chi connectivity index (χ0) is 19.4. The van der Waals surface area contributed by atoms with Crippen molar-refractivity contribution in [3.05, 3.63) is 29.8 Å². The molecule has 1 saturated carbocycles. The van der Waals surface area contributed by atoms with Gasteiger partial charge in [-0.1, -0.05) is 12.0 Å². The highest BCUT2D eigenvalue weighted by molar-refractivity contribution is 7.89. The van der Waals surface area contributed by atoms with Gasteiger partial charge in [0.2, 0.25) is 15.9 Å². The number of rotatable bonds is 6. The second kappa shape index (κ2) is 8.11. The van der Waals surface area contributed by atoms with Crippen LogP contribution in [-0.2, 0) is 14.8 Å². The molecule has 1 heterocycles. The summed E-state index contributed by atoms with van der Waals surface area (Å²) in [5, 5.41) is 2.99. The molecule has 1 aromatic carbocycles. The highest BCUT2D eigenvalue weighted by Crippen LogP contribution is 2.23. The summed E-state index contributed by atoms with van der Waals surface area (Å²) < 4.78 is 26.7. The Morgan fingerprint density at radius 1 is 1.26 bits per heavy atom. The highest BCUT2D eigenvalue weighted by atomic mass is 32.2. The van der Waals surface area contributed by atoms with Gasteiger partial charge in [0.15, 0.2) is 0 Å². The van der Waals surface area contributed by atoms with E-state index < -0.39 is 10.0 Å².